The maximum Gasteiger partial charge on any atom is 0.240 e. The number of anilines is 1. The lowest BCUT2D eigenvalue weighted by atomic mass is 10.5. The van der Waals surface area contributed by atoms with E-state index in [2.05, 4.69) is 27.2 Å². The minimum atomic E-state index is -0.128. The van der Waals surface area contributed by atoms with E-state index in [9.17, 15) is 4.79 Å². The zero-order valence-electron chi connectivity index (χ0n) is 7.21. The second kappa shape index (κ2) is 5.10. The predicted octanol–water partition coefficient (Wildman–Crippen LogP) is 0.124. The molecule has 0 saturated heterocycles. The highest BCUT2D eigenvalue weighted by molar-refractivity contribution is 5.90. The fourth-order valence-electron chi connectivity index (χ4n) is 0.798. The number of aromatic nitrogens is 2. The third-order valence-electron chi connectivity index (χ3n) is 1.33. The highest BCUT2D eigenvalue weighted by Gasteiger charge is 2.01. The van der Waals surface area contributed by atoms with Crippen molar-refractivity contribution in [2.24, 2.45) is 0 Å². The van der Waals surface area contributed by atoms with Crippen LogP contribution in [0, 0.1) is 0 Å². The van der Waals surface area contributed by atoms with Crippen LogP contribution in [-0.4, -0.2) is 29.0 Å². The molecule has 0 bridgehead atoms. The first-order valence-electron chi connectivity index (χ1n) is 3.94. The predicted molar refractivity (Wildman–Crippen MR) is 50.3 cm³/mol. The molecule has 5 heteroatoms. The quantitative estimate of drug-likeness (QED) is 0.445. The van der Waals surface area contributed by atoms with Gasteiger partial charge in [-0.05, 0) is 0 Å². The van der Waals surface area contributed by atoms with Crippen molar-refractivity contribution in [1.29, 1.82) is 0 Å². The van der Waals surface area contributed by atoms with Crippen molar-refractivity contribution in [2.75, 3.05) is 18.4 Å². The van der Waals surface area contributed by atoms with Gasteiger partial charge in [-0.25, -0.2) is 4.98 Å². The Hall–Kier alpha value is -1.62. The summed E-state index contributed by atoms with van der Waals surface area (Å²) in [5.41, 5.74) is 0. The number of nitrogens with one attached hydrogen (secondary N) is 3. The second-order valence-corrected chi connectivity index (χ2v) is 2.41. The summed E-state index contributed by atoms with van der Waals surface area (Å²) in [4.78, 5) is 17.7. The minimum absolute atomic E-state index is 0.128. The molecule has 1 amide bonds. The maximum absolute atomic E-state index is 11.1. The van der Waals surface area contributed by atoms with E-state index in [1.165, 1.54) is 0 Å². The van der Waals surface area contributed by atoms with Gasteiger partial charge < -0.3 is 10.3 Å². The van der Waals surface area contributed by atoms with Crippen molar-refractivity contribution in [3.8, 4) is 0 Å². The molecule has 0 aliphatic heterocycles. The summed E-state index contributed by atoms with van der Waals surface area (Å²) >= 11 is 0. The number of amides is 1. The number of carbonyl (C=O) groups excluding carboxylic acids is 1. The average Bonchev–Trinajstić information content (AvgIpc) is 2.57. The maximum atomic E-state index is 11.1. The van der Waals surface area contributed by atoms with Crippen LogP contribution < -0.4 is 10.6 Å². The molecular weight excluding hydrogens is 168 g/mol. The fraction of sp³-hybridized carbons (Fsp3) is 0.250. The van der Waals surface area contributed by atoms with E-state index < -0.39 is 0 Å². The summed E-state index contributed by atoms with van der Waals surface area (Å²) in [5, 5.41) is 5.45. The zero-order chi connectivity index (χ0) is 9.52. The Morgan fingerprint density at radius 2 is 2.62 bits per heavy atom. The standard InChI is InChI=1S/C8H12N4O/c1-2-3-9-6-7(13)12-8-10-4-5-11-8/h2,4-5,9H,1,3,6H2,(H2,10,11,12,13). The lowest BCUT2D eigenvalue weighted by Gasteiger charge is -2.01. The van der Waals surface area contributed by atoms with Crippen molar-refractivity contribution < 1.29 is 4.79 Å². The van der Waals surface area contributed by atoms with Gasteiger partial charge in [0.25, 0.3) is 0 Å². The average molecular weight is 180 g/mol. The van der Waals surface area contributed by atoms with Crippen LogP contribution in [0.2, 0.25) is 0 Å². The summed E-state index contributed by atoms with van der Waals surface area (Å²) in [5.74, 6) is 0.335. The first-order chi connectivity index (χ1) is 6.33. The molecule has 3 N–H and O–H groups in total. The molecule has 70 valence electrons. The monoisotopic (exact) mass is 180 g/mol. The summed E-state index contributed by atoms with van der Waals surface area (Å²) in [6, 6.07) is 0. The lowest BCUT2D eigenvalue weighted by molar-refractivity contribution is -0.115. The zero-order valence-corrected chi connectivity index (χ0v) is 7.21. The van der Waals surface area contributed by atoms with Gasteiger partial charge in [0.2, 0.25) is 11.9 Å². The van der Waals surface area contributed by atoms with Crippen molar-refractivity contribution in [1.82, 2.24) is 15.3 Å². The van der Waals surface area contributed by atoms with Crippen LogP contribution in [0.15, 0.2) is 25.0 Å². The number of imidazole rings is 1. The smallest absolute Gasteiger partial charge is 0.240 e. The van der Waals surface area contributed by atoms with E-state index in [0.29, 0.717) is 12.5 Å². The van der Waals surface area contributed by atoms with Crippen LogP contribution in [0.4, 0.5) is 5.95 Å². The van der Waals surface area contributed by atoms with E-state index in [1.807, 2.05) is 0 Å². The van der Waals surface area contributed by atoms with Crippen LogP contribution >= 0.6 is 0 Å². The summed E-state index contributed by atoms with van der Waals surface area (Å²) < 4.78 is 0. The van der Waals surface area contributed by atoms with E-state index in [4.69, 9.17) is 0 Å². The topological polar surface area (TPSA) is 69.8 Å². The molecule has 0 saturated carbocycles. The van der Waals surface area contributed by atoms with Crippen molar-refractivity contribution in [3.63, 3.8) is 0 Å². The molecule has 0 spiro atoms. The highest BCUT2D eigenvalue weighted by atomic mass is 16.2. The molecule has 1 heterocycles. The highest BCUT2D eigenvalue weighted by Crippen LogP contribution is 1.93. The lowest BCUT2D eigenvalue weighted by Crippen LogP contribution is -2.28. The second-order valence-electron chi connectivity index (χ2n) is 2.41. The molecule has 1 aromatic rings. The van der Waals surface area contributed by atoms with E-state index in [-0.39, 0.29) is 12.5 Å². The first-order valence-corrected chi connectivity index (χ1v) is 3.94. The Bertz CT molecular complexity index is 268. The van der Waals surface area contributed by atoms with Gasteiger partial charge in [-0.15, -0.1) is 6.58 Å². The molecule has 5 nitrogen and oxygen atoms in total. The van der Waals surface area contributed by atoms with Crippen LogP contribution in [0.1, 0.15) is 0 Å². The van der Waals surface area contributed by atoms with E-state index in [0.717, 1.165) is 0 Å². The van der Waals surface area contributed by atoms with E-state index in [1.54, 1.807) is 18.5 Å². The van der Waals surface area contributed by atoms with Crippen LogP contribution in [0.25, 0.3) is 0 Å². The Morgan fingerprint density at radius 1 is 1.77 bits per heavy atom. The molecule has 0 aliphatic carbocycles. The van der Waals surface area contributed by atoms with Crippen molar-refractivity contribution in [3.05, 3.63) is 25.0 Å². The van der Waals surface area contributed by atoms with Gasteiger partial charge in [-0.1, -0.05) is 6.08 Å². The summed E-state index contributed by atoms with van der Waals surface area (Å²) in [7, 11) is 0. The molecule has 13 heavy (non-hydrogen) atoms. The molecule has 0 unspecified atom stereocenters. The molecule has 0 atom stereocenters. The number of carbonyl (C=O) groups is 1. The fourth-order valence-corrected chi connectivity index (χ4v) is 0.798. The van der Waals surface area contributed by atoms with Crippen molar-refractivity contribution in [2.45, 2.75) is 0 Å². The number of aromatic amines is 1. The Morgan fingerprint density at radius 3 is 3.23 bits per heavy atom. The Labute approximate surface area is 76.3 Å². The summed E-state index contributed by atoms with van der Waals surface area (Å²) in [6.07, 6.45) is 4.92. The Kier molecular flexibility index (Phi) is 3.72. The number of rotatable bonds is 5. The normalized spacial score (nSPS) is 9.54. The van der Waals surface area contributed by atoms with Gasteiger partial charge >= 0.3 is 0 Å². The molecule has 1 aromatic heterocycles. The van der Waals surface area contributed by atoms with Gasteiger partial charge in [-0.2, -0.15) is 0 Å². The molecule has 0 radical (unpaired) electrons. The van der Waals surface area contributed by atoms with Gasteiger partial charge in [0, 0.05) is 18.9 Å². The van der Waals surface area contributed by atoms with Gasteiger partial charge in [-0.3, -0.25) is 10.1 Å². The van der Waals surface area contributed by atoms with E-state index >= 15 is 0 Å². The Balaban J connectivity index is 2.22. The van der Waals surface area contributed by atoms with Crippen LogP contribution in [0.3, 0.4) is 0 Å². The first kappa shape index (κ1) is 9.47. The van der Waals surface area contributed by atoms with Gasteiger partial charge in [0.15, 0.2) is 0 Å². The molecule has 0 aliphatic rings. The van der Waals surface area contributed by atoms with Crippen LogP contribution in [-0.2, 0) is 4.79 Å². The largest absolute Gasteiger partial charge is 0.331 e. The van der Waals surface area contributed by atoms with Gasteiger partial charge in [0.1, 0.15) is 0 Å². The SMILES string of the molecule is C=CCNCC(=O)Nc1ncc[nH]1. The van der Waals surface area contributed by atoms with Crippen molar-refractivity contribution >= 4 is 11.9 Å². The van der Waals surface area contributed by atoms with Crippen LogP contribution in [0.5, 0.6) is 0 Å². The molecular formula is C8H12N4O. The number of hydrogen-bond donors (Lipinski definition) is 3. The molecule has 1 rings (SSSR count). The third kappa shape index (κ3) is 3.53. The third-order valence-corrected chi connectivity index (χ3v) is 1.33. The summed E-state index contributed by atoms with van der Waals surface area (Å²) in [6.45, 7) is 4.39. The number of hydrogen-bond acceptors (Lipinski definition) is 3. The number of H-pyrrole nitrogens is 1. The molecule has 0 aromatic carbocycles. The minimum Gasteiger partial charge on any atom is -0.331 e. The molecule has 0 fully saturated rings. The van der Waals surface area contributed by atoms with Gasteiger partial charge in [0.05, 0.1) is 6.54 Å². The number of nitrogens with zero attached hydrogens (tertiary/aromatic N) is 1.